The first kappa shape index (κ1) is 17.8. The maximum Gasteiger partial charge on any atom is 0.320 e. The molecule has 1 N–H and O–H groups in total. The van der Waals surface area contributed by atoms with Gasteiger partial charge in [0.25, 0.3) is 0 Å². The number of carbonyl (C=O) groups is 1. The van der Waals surface area contributed by atoms with Crippen LogP contribution in [0.1, 0.15) is 26.7 Å². The third-order valence-corrected chi connectivity index (χ3v) is 5.02. The number of piperidine rings is 1. The molecule has 2 unspecified atom stereocenters. The second-order valence-electron chi connectivity index (χ2n) is 7.40. The zero-order valence-electron chi connectivity index (χ0n) is 14.0. The molecule has 0 radical (unpaired) electrons. The molecular formula is C16H31ClN4O. The van der Waals surface area contributed by atoms with Crippen LogP contribution in [-0.4, -0.2) is 79.1 Å². The van der Waals surface area contributed by atoms with E-state index in [1.807, 2.05) is 0 Å². The highest BCUT2D eigenvalue weighted by molar-refractivity contribution is 5.85. The van der Waals surface area contributed by atoms with Gasteiger partial charge in [-0.15, -0.1) is 12.4 Å². The van der Waals surface area contributed by atoms with Crippen LogP contribution in [0, 0.1) is 11.8 Å². The summed E-state index contributed by atoms with van der Waals surface area (Å²) in [7, 11) is 0. The van der Waals surface area contributed by atoms with Crippen LogP contribution < -0.4 is 5.32 Å². The van der Waals surface area contributed by atoms with Crippen LogP contribution in [0.2, 0.25) is 0 Å². The third-order valence-electron chi connectivity index (χ3n) is 5.02. The SMILES string of the molecule is CC(C)CN1CC2CN(CC3CCCNC3)CCN2C1=O.Cl. The van der Waals surface area contributed by atoms with Gasteiger partial charge in [0.2, 0.25) is 0 Å². The van der Waals surface area contributed by atoms with Crippen molar-refractivity contribution in [3.63, 3.8) is 0 Å². The largest absolute Gasteiger partial charge is 0.322 e. The van der Waals surface area contributed by atoms with Crippen molar-refractivity contribution in [2.24, 2.45) is 11.8 Å². The molecule has 0 bridgehead atoms. The van der Waals surface area contributed by atoms with Gasteiger partial charge in [0.05, 0.1) is 6.04 Å². The van der Waals surface area contributed by atoms with Gasteiger partial charge in [-0.3, -0.25) is 4.90 Å². The first-order valence-electron chi connectivity index (χ1n) is 8.62. The van der Waals surface area contributed by atoms with E-state index in [2.05, 4.69) is 33.9 Å². The molecule has 0 aliphatic carbocycles. The maximum absolute atomic E-state index is 12.4. The van der Waals surface area contributed by atoms with E-state index in [4.69, 9.17) is 0 Å². The quantitative estimate of drug-likeness (QED) is 0.848. The zero-order chi connectivity index (χ0) is 14.8. The molecule has 0 saturated carbocycles. The molecule has 2 atom stereocenters. The lowest BCUT2D eigenvalue weighted by Crippen LogP contribution is -2.53. The van der Waals surface area contributed by atoms with Gasteiger partial charge >= 0.3 is 6.03 Å². The Balaban J connectivity index is 0.00000176. The summed E-state index contributed by atoms with van der Waals surface area (Å²) < 4.78 is 0. The van der Waals surface area contributed by atoms with Gasteiger partial charge in [-0.2, -0.15) is 0 Å². The predicted molar refractivity (Wildman–Crippen MR) is 91.6 cm³/mol. The van der Waals surface area contributed by atoms with Crippen molar-refractivity contribution in [2.75, 3.05) is 52.4 Å². The molecule has 3 aliphatic heterocycles. The Morgan fingerprint density at radius 1 is 1.27 bits per heavy atom. The second kappa shape index (κ2) is 7.84. The Labute approximate surface area is 140 Å². The van der Waals surface area contributed by atoms with Crippen LogP contribution in [0.4, 0.5) is 4.79 Å². The Morgan fingerprint density at radius 2 is 2.09 bits per heavy atom. The number of nitrogens with zero attached hydrogens (tertiary/aromatic N) is 3. The van der Waals surface area contributed by atoms with Crippen molar-refractivity contribution in [2.45, 2.75) is 32.7 Å². The highest BCUT2D eigenvalue weighted by atomic mass is 35.5. The minimum absolute atomic E-state index is 0. The van der Waals surface area contributed by atoms with Crippen molar-refractivity contribution in [3.05, 3.63) is 0 Å². The zero-order valence-corrected chi connectivity index (χ0v) is 14.8. The fourth-order valence-electron chi connectivity index (χ4n) is 4.05. The van der Waals surface area contributed by atoms with E-state index in [9.17, 15) is 4.79 Å². The number of carbonyl (C=O) groups excluding carboxylic acids is 1. The topological polar surface area (TPSA) is 38.8 Å². The van der Waals surface area contributed by atoms with Gasteiger partial charge in [-0.25, -0.2) is 4.79 Å². The first-order valence-corrected chi connectivity index (χ1v) is 8.62. The van der Waals surface area contributed by atoms with E-state index in [1.165, 1.54) is 32.5 Å². The van der Waals surface area contributed by atoms with Crippen molar-refractivity contribution in [1.82, 2.24) is 20.0 Å². The molecule has 2 amide bonds. The predicted octanol–water partition coefficient (Wildman–Crippen LogP) is 1.49. The summed E-state index contributed by atoms with van der Waals surface area (Å²) >= 11 is 0. The Bertz CT molecular complexity index is 373. The van der Waals surface area contributed by atoms with E-state index in [0.29, 0.717) is 12.0 Å². The minimum Gasteiger partial charge on any atom is -0.322 e. The number of hydrogen-bond acceptors (Lipinski definition) is 3. The first-order chi connectivity index (χ1) is 10.1. The van der Waals surface area contributed by atoms with Gasteiger partial charge in [-0.1, -0.05) is 13.8 Å². The van der Waals surface area contributed by atoms with Gasteiger partial charge in [-0.05, 0) is 37.8 Å². The summed E-state index contributed by atoms with van der Waals surface area (Å²) in [6, 6.07) is 0.689. The van der Waals surface area contributed by atoms with Gasteiger partial charge in [0.1, 0.15) is 0 Å². The molecule has 0 spiro atoms. The van der Waals surface area contributed by atoms with Crippen molar-refractivity contribution >= 4 is 18.4 Å². The lowest BCUT2D eigenvalue weighted by molar-refractivity contribution is 0.104. The smallest absolute Gasteiger partial charge is 0.320 e. The summed E-state index contributed by atoms with van der Waals surface area (Å²) in [6.07, 6.45) is 2.67. The average molecular weight is 331 g/mol. The maximum atomic E-state index is 12.4. The highest BCUT2D eigenvalue weighted by Gasteiger charge is 2.40. The van der Waals surface area contributed by atoms with Crippen LogP contribution in [0.25, 0.3) is 0 Å². The molecule has 0 aromatic heterocycles. The summed E-state index contributed by atoms with van der Waals surface area (Å²) in [5.41, 5.74) is 0. The van der Waals surface area contributed by atoms with Gasteiger partial charge in [0, 0.05) is 39.3 Å². The fourth-order valence-corrected chi connectivity index (χ4v) is 4.05. The van der Waals surface area contributed by atoms with Crippen LogP contribution in [0.15, 0.2) is 0 Å². The van der Waals surface area contributed by atoms with Crippen LogP contribution in [-0.2, 0) is 0 Å². The molecule has 0 aromatic carbocycles. The average Bonchev–Trinajstić information content (AvgIpc) is 2.75. The number of fused-ring (bicyclic) bond motifs is 1. The fraction of sp³-hybridized carbons (Fsp3) is 0.938. The summed E-state index contributed by atoms with van der Waals surface area (Å²) in [6.45, 7) is 12.8. The number of nitrogens with one attached hydrogen (secondary N) is 1. The third kappa shape index (κ3) is 4.06. The molecule has 22 heavy (non-hydrogen) atoms. The summed E-state index contributed by atoms with van der Waals surface area (Å²) in [5, 5.41) is 3.51. The molecule has 5 nitrogen and oxygen atoms in total. The molecule has 3 aliphatic rings. The number of rotatable bonds is 4. The van der Waals surface area contributed by atoms with Gasteiger partial charge < -0.3 is 15.1 Å². The van der Waals surface area contributed by atoms with Crippen molar-refractivity contribution in [1.29, 1.82) is 0 Å². The number of halogens is 1. The van der Waals surface area contributed by atoms with Crippen LogP contribution in [0.5, 0.6) is 0 Å². The molecule has 3 rings (SSSR count). The van der Waals surface area contributed by atoms with E-state index in [0.717, 1.165) is 38.6 Å². The second-order valence-corrected chi connectivity index (χ2v) is 7.40. The Kier molecular flexibility index (Phi) is 6.36. The highest BCUT2D eigenvalue weighted by Crippen LogP contribution is 2.23. The standard InChI is InChI=1S/C16H30N4O.ClH/c1-13(2)9-19-12-15-11-18(6-7-20(15)16(19)21)10-14-4-3-5-17-8-14;/h13-15,17H,3-12H2,1-2H3;1H. The van der Waals surface area contributed by atoms with Crippen LogP contribution in [0.3, 0.4) is 0 Å². The summed E-state index contributed by atoms with van der Waals surface area (Å²) in [4.78, 5) is 19.1. The van der Waals surface area contributed by atoms with Crippen molar-refractivity contribution < 1.29 is 4.79 Å². The number of piperazine rings is 1. The van der Waals surface area contributed by atoms with Crippen molar-refractivity contribution in [3.8, 4) is 0 Å². The number of hydrogen-bond donors (Lipinski definition) is 1. The molecule has 0 aromatic rings. The Morgan fingerprint density at radius 3 is 2.77 bits per heavy atom. The van der Waals surface area contributed by atoms with Gasteiger partial charge in [0.15, 0.2) is 0 Å². The van der Waals surface area contributed by atoms with E-state index in [1.54, 1.807) is 0 Å². The minimum atomic E-state index is 0. The van der Waals surface area contributed by atoms with Crippen LogP contribution >= 0.6 is 12.4 Å². The lowest BCUT2D eigenvalue weighted by Gasteiger charge is -2.38. The van der Waals surface area contributed by atoms with E-state index < -0.39 is 0 Å². The lowest BCUT2D eigenvalue weighted by atomic mass is 9.98. The number of urea groups is 1. The molecule has 3 saturated heterocycles. The molecular weight excluding hydrogens is 300 g/mol. The monoisotopic (exact) mass is 330 g/mol. The van der Waals surface area contributed by atoms with E-state index in [-0.39, 0.29) is 18.4 Å². The molecule has 6 heteroatoms. The summed E-state index contributed by atoms with van der Waals surface area (Å²) in [5.74, 6) is 1.36. The molecule has 3 heterocycles. The number of amides is 2. The Hall–Kier alpha value is -0.520. The van der Waals surface area contributed by atoms with E-state index >= 15 is 0 Å². The molecule has 128 valence electrons. The normalized spacial score (nSPS) is 29.7. The molecule has 3 fully saturated rings.